The zero-order chi connectivity index (χ0) is 27.2. The molecule has 16 heteroatoms. The van der Waals surface area contributed by atoms with Gasteiger partial charge in [0, 0.05) is 51.7 Å². The Hall–Kier alpha value is -3.50. The van der Waals surface area contributed by atoms with E-state index in [0.717, 1.165) is 18.5 Å². The van der Waals surface area contributed by atoms with Gasteiger partial charge in [-0.2, -0.15) is 17.5 Å². The fourth-order valence-electron chi connectivity index (χ4n) is 4.51. The summed E-state index contributed by atoms with van der Waals surface area (Å²) in [4.78, 5) is 25.0. The highest BCUT2D eigenvalue weighted by Crippen LogP contribution is 2.37. The molecule has 0 unspecified atom stereocenters. The number of sulfonamides is 1. The Bertz CT molecular complexity index is 1480. The van der Waals surface area contributed by atoms with E-state index < -0.39 is 21.8 Å². The number of nitrogens with two attached hydrogens (primary N) is 1. The number of carbonyl (C=O) groups is 1. The lowest BCUT2D eigenvalue weighted by Crippen LogP contribution is -2.50. The lowest BCUT2D eigenvalue weighted by Gasteiger charge is -2.33. The molecule has 5 rings (SSSR count). The summed E-state index contributed by atoms with van der Waals surface area (Å²) in [6.07, 6.45) is -1.18. The molecule has 0 radical (unpaired) electrons. The molecular weight excluding hydrogens is 529 g/mol. The van der Waals surface area contributed by atoms with E-state index in [0.29, 0.717) is 37.6 Å². The third-order valence-electron chi connectivity index (χ3n) is 6.47. The first kappa shape index (κ1) is 26.1. The first-order chi connectivity index (χ1) is 17.9. The van der Waals surface area contributed by atoms with Gasteiger partial charge in [0.15, 0.2) is 11.6 Å². The molecule has 5 heterocycles. The third-order valence-corrected chi connectivity index (χ3v) is 7.77. The molecule has 38 heavy (non-hydrogen) atoms. The molecule has 3 aromatic rings. The summed E-state index contributed by atoms with van der Waals surface area (Å²) >= 11 is 0. The van der Waals surface area contributed by atoms with Gasteiger partial charge in [-0.1, -0.05) is 0 Å². The number of ether oxygens (including phenoxy) is 1. The van der Waals surface area contributed by atoms with Crippen molar-refractivity contribution >= 4 is 33.1 Å². The van der Waals surface area contributed by atoms with Gasteiger partial charge in [0.1, 0.15) is 11.3 Å². The average molecular weight is 555 g/mol. The smallest absolute Gasteiger partial charge is 0.384 e. The predicted molar refractivity (Wildman–Crippen MR) is 131 cm³/mol. The molecule has 0 spiro atoms. The van der Waals surface area contributed by atoms with E-state index in [-0.39, 0.29) is 54.9 Å². The van der Waals surface area contributed by atoms with Crippen LogP contribution in [0, 0.1) is 0 Å². The van der Waals surface area contributed by atoms with Crippen LogP contribution < -0.4 is 10.6 Å². The number of hydrogen-bond donors (Lipinski definition) is 1. The number of hydrogen-bond acceptors (Lipinski definition) is 9. The summed E-state index contributed by atoms with van der Waals surface area (Å²) in [5.74, 6) is -0.511. The maximum absolute atomic E-state index is 13.8. The molecule has 3 aromatic heterocycles. The van der Waals surface area contributed by atoms with Gasteiger partial charge in [-0.05, 0) is 12.1 Å². The standard InChI is InChI=1S/C22H25F3N8O4S/c1-38(35,36)32-4-2-31(3-5-32)21(34)14-10-17-20(30-6-8-37-9-7-30)28-19(29-33(17)13-14)15-12-27-18(26)11-16(15)22(23,24)25/h10-13H,2-9H2,1H3,(H2,26,27). The topological polar surface area (TPSA) is 139 Å². The minimum absolute atomic E-state index is 0.172. The maximum Gasteiger partial charge on any atom is 0.417 e. The number of pyridine rings is 1. The molecule has 0 saturated carbocycles. The van der Waals surface area contributed by atoms with Gasteiger partial charge in [0.25, 0.3) is 5.91 Å². The number of nitrogens with zero attached hydrogens (tertiary/aromatic N) is 7. The Morgan fingerprint density at radius 3 is 2.39 bits per heavy atom. The van der Waals surface area contributed by atoms with E-state index in [2.05, 4.69) is 15.1 Å². The molecule has 2 aliphatic heterocycles. The molecule has 204 valence electrons. The molecule has 2 saturated heterocycles. The molecule has 2 fully saturated rings. The average Bonchev–Trinajstić information content (AvgIpc) is 3.31. The normalized spacial score (nSPS) is 17.8. The SMILES string of the molecule is CS(=O)(=O)N1CCN(C(=O)c2cc3c(N4CCOCC4)nc(-c4cnc(N)cc4C(F)(F)F)nn3c2)CC1. The highest BCUT2D eigenvalue weighted by molar-refractivity contribution is 7.88. The van der Waals surface area contributed by atoms with E-state index in [1.165, 1.54) is 19.9 Å². The molecule has 2 aliphatic rings. The molecule has 2 N–H and O–H groups in total. The number of halogens is 3. The van der Waals surface area contributed by atoms with Crippen molar-refractivity contribution in [3.63, 3.8) is 0 Å². The van der Waals surface area contributed by atoms with Gasteiger partial charge in [0.2, 0.25) is 10.0 Å². The minimum Gasteiger partial charge on any atom is -0.384 e. The van der Waals surface area contributed by atoms with Crippen molar-refractivity contribution in [1.29, 1.82) is 0 Å². The van der Waals surface area contributed by atoms with Gasteiger partial charge in [-0.3, -0.25) is 4.79 Å². The van der Waals surface area contributed by atoms with E-state index in [4.69, 9.17) is 10.5 Å². The van der Waals surface area contributed by atoms with Crippen molar-refractivity contribution in [2.75, 3.05) is 69.4 Å². The summed E-state index contributed by atoms with van der Waals surface area (Å²) in [6, 6.07) is 2.32. The van der Waals surface area contributed by atoms with Crippen molar-refractivity contribution in [3.8, 4) is 11.4 Å². The van der Waals surface area contributed by atoms with Gasteiger partial charge in [-0.15, -0.1) is 5.10 Å². The largest absolute Gasteiger partial charge is 0.417 e. The van der Waals surface area contributed by atoms with E-state index in [1.807, 2.05) is 4.90 Å². The lowest BCUT2D eigenvalue weighted by molar-refractivity contribution is -0.137. The number of anilines is 2. The molecule has 0 bridgehead atoms. The van der Waals surface area contributed by atoms with Crippen molar-refractivity contribution in [2.45, 2.75) is 6.18 Å². The van der Waals surface area contributed by atoms with Crippen LogP contribution in [0.3, 0.4) is 0 Å². The number of morpholine rings is 1. The zero-order valence-corrected chi connectivity index (χ0v) is 21.2. The van der Waals surface area contributed by atoms with Crippen LogP contribution in [0.2, 0.25) is 0 Å². The van der Waals surface area contributed by atoms with Crippen LogP contribution >= 0.6 is 0 Å². The van der Waals surface area contributed by atoms with E-state index >= 15 is 0 Å². The number of alkyl halides is 3. The fourth-order valence-corrected chi connectivity index (χ4v) is 5.34. The highest BCUT2D eigenvalue weighted by Gasteiger charge is 2.36. The van der Waals surface area contributed by atoms with E-state index in [9.17, 15) is 26.4 Å². The number of piperazine rings is 1. The van der Waals surface area contributed by atoms with Gasteiger partial charge >= 0.3 is 6.18 Å². The second kappa shape index (κ2) is 9.67. The van der Waals surface area contributed by atoms with Crippen LogP contribution in [0.4, 0.5) is 24.8 Å². The van der Waals surface area contributed by atoms with E-state index in [1.54, 1.807) is 6.07 Å². The Morgan fingerprint density at radius 1 is 1.08 bits per heavy atom. The summed E-state index contributed by atoms with van der Waals surface area (Å²) in [6.45, 7) is 2.45. The lowest BCUT2D eigenvalue weighted by atomic mass is 10.1. The maximum atomic E-state index is 13.8. The third kappa shape index (κ3) is 5.10. The molecule has 1 amide bonds. The number of fused-ring (bicyclic) bond motifs is 1. The second-order valence-electron chi connectivity index (χ2n) is 9.02. The highest BCUT2D eigenvalue weighted by atomic mass is 32.2. The summed E-state index contributed by atoms with van der Waals surface area (Å²) in [5, 5.41) is 4.31. The number of nitrogen functional groups attached to an aromatic ring is 1. The predicted octanol–water partition coefficient (Wildman–Crippen LogP) is 0.946. The summed E-state index contributed by atoms with van der Waals surface area (Å²) in [7, 11) is -3.36. The van der Waals surface area contributed by atoms with Crippen LogP contribution in [0.5, 0.6) is 0 Å². The monoisotopic (exact) mass is 554 g/mol. The molecule has 0 atom stereocenters. The Morgan fingerprint density at radius 2 is 1.76 bits per heavy atom. The number of carbonyl (C=O) groups excluding carboxylic acids is 1. The fraction of sp³-hybridized carbons (Fsp3) is 0.455. The van der Waals surface area contributed by atoms with Gasteiger partial charge in [-0.25, -0.2) is 22.9 Å². The molecular formula is C22H25F3N8O4S. The Labute approximate surface area is 215 Å². The first-order valence-corrected chi connectivity index (χ1v) is 13.6. The van der Waals surface area contributed by atoms with Crippen molar-refractivity contribution in [3.05, 3.63) is 35.7 Å². The number of aromatic nitrogens is 4. The van der Waals surface area contributed by atoms with Crippen LogP contribution in [-0.4, -0.2) is 102 Å². The van der Waals surface area contributed by atoms with Crippen LogP contribution in [-0.2, 0) is 20.9 Å². The quantitative estimate of drug-likeness (QED) is 0.499. The van der Waals surface area contributed by atoms with Crippen LogP contribution in [0.15, 0.2) is 24.5 Å². The van der Waals surface area contributed by atoms with Crippen LogP contribution in [0.25, 0.3) is 16.9 Å². The van der Waals surface area contributed by atoms with Gasteiger partial charge in [0.05, 0.1) is 36.2 Å². The van der Waals surface area contributed by atoms with Crippen molar-refractivity contribution in [2.24, 2.45) is 0 Å². The number of amides is 1. The Balaban J connectivity index is 1.56. The zero-order valence-electron chi connectivity index (χ0n) is 20.3. The first-order valence-electron chi connectivity index (χ1n) is 11.7. The molecule has 0 aliphatic carbocycles. The Kier molecular flexibility index (Phi) is 6.65. The molecule has 12 nitrogen and oxygen atoms in total. The van der Waals surface area contributed by atoms with Crippen molar-refractivity contribution in [1.82, 2.24) is 28.8 Å². The molecule has 0 aromatic carbocycles. The van der Waals surface area contributed by atoms with Crippen molar-refractivity contribution < 1.29 is 31.1 Å². The summed E-state index contributed by atoms with van der Waals surface area (Å²) < 4.78 is 73.2. The minimum atomic E-state index is -4.73. The van der Waals surface area contributed by atoms with Gasteiger partial charge < -0.3 is 20.3 Å². The van der Waals surface area contributed by atoms with Crippen LogP contribution in [0.1, 0.15) is 15.9 Å². The summed E-state index contributed by atoms with van der Waals surface area (Å²) in [5.41, 5.74) is 4.84. The second-order valence-corrected chi connectivity index (χ2v) is 11.0. The number of rotatable bonds is 4.